The molecule has 6 heteroatoms. The van der Waals surface area contributed by atoms with Crippen molar-refractivity contribution in [2.24, 2.45) is 5.73 Å². The Morgan fingerprint density at radius 1 is 1.10 bits per heavy atom. The Morgan fingerprint density at radius 3 is 2.05 bits per heavy atom. The van der Waals surface area contributed by atoms with Gasteiger partial charge in [0.1, 0.15) is 12.2 Å². The summed E-state index contributed by atoms with van der Waals surface area (Å²) in [5.41, 5.74) is 5.70. The minimum absolute atomic E-state index is 0.0362. The Morgan fingerprint density at radius 2 is 1.65 bits per heavy atom. The average molecular weight is 287 g/mol. The third kappa shape index (κ3) is 16.1. The molecule has 0 heterocycles. The van der Waals surface area contributed by atoms with Crippen LogP contribution in [0.1, 0.15) is 52.9 Å². The molecule has 3 N–H and O–H groups in total. The molecule has 0 aromatic heterocycles. The highest BCUT2D eigenvalue weighted by Gasteiger charge is 2.08. The van der Waals surface area contributed by atoms with Crippen molar-refractivity contribution >= 4 is 17.7 Å². The highest BCUT2D eigenvalue weighted by atomic mass is 16.5. The van der Waals surface area contributed by atoms with Crippen molar-refractivity contribution in [3.8, 4) is 0 Å². The van der Waals surface area contributed by atoms with E-state index in [9.17, 15) is 14.4 Å². The van der Waals surface area contributed by atoms with Gasteiger partial charge in [0, 0.05) is 18.2 Å². The number of carbonyl (C=O) groups excluding carboxylic acids is 2. The zero-order valence-corrected chi connectivity index (χ0v) is 12.5. The molecule has 0 saturated carbocycles. The summed E-state index contributed by atoms with van der Waals surface area (Å²) in [5.74, 6) is -1.42. The molecule has 0 aromatic carbocycles. The third-order valence-corrected chi connectivity index (χ3v) is 2.02. The van der Waals surface area contributed by atoms with E-state index in [0.29, 0.717) is 25.1 Å². The number of ether oxygens (including phenoxy) is 1. The number of carboxylic acid groups (broad SMARTS) is 1. The van der Waals surface area contributed by atoms with E-state index >= 15 is 0 Å². The van der Waals surface area contributed by atoms with Gasteiger partial charge in [-0.15, -0.1) is 0 Å². The number of Topliss-reactive ketones (excluding diaryl/α,β-unsaturated/α-hetero) is 1. The molecule has 0 saturated heterocycles. The van der Waals surface area contributed by atoms with E-state index in [1.807, 2.05) is 13.8 Å². The normalized spacial score (nSPS) is 10.2. The van der Waals surface area contributed by atoms with Crippen LogP contribution in [0.25, 0.3) is 0 Å². The van der Waals surface area contributed by atoms with Gasteiger partial charge in [-0.05, 0) is 19.8 Å². The van der Waals surface area contributed by atoms with E-state index in [0.717, 1.165) is 18.9 Å². The lowest BCUT2D eigenvalue weighted by molar-refractivity contribution is -0.145. The fraction of sp³-hybridized carbons (Fsp3) is 0.643. The van der Waals surface area contributed by atoms with Gasteiger partial charge in [-0.25, -0.2) is 4.79 Å². The maximum absolute atomic E-state index is 10.8. The number of ketones is 1. The molecule has 116 valence electrons. The summed E-state index contributed by atoms with van der Waals surface area (Å²) in [6, 6.07) is 0. The lowest BCUT2D eigenvalue weighted by Gasteiger charge is -1.98. The van der Waals surface area contributed by atoms with Crippen LogP contribution < -0.4 is 5.73 Å². The number of allylic oxidation sites excluding steroid dienone is 1. The molecule has 0 aliphatic heterocycles. The number of aliphatic carboxylic acids is 1. The van der Waals surface area contributed by atoms with Gasteiger partial charge in [0.05, 0.1) is 6.61 Å². The van der Waals surface area contributed by atoms with Crippen molar-refractivity contribution in [2.45, 2.75) is 52.9 Å². The summed E-state index contributed by atoms with van der Waals surface area (Å²) in [5, 5.41) is 8.15. The number of carboxylic acids is 1. The van der Waals surface area contributed by atoms with Gasteiger partial charge in [0.2, 0.25) is 0 Å². The Hall–Kier alpha value is -1.85. The molecule has 0 rings (SSSR count). The Bertz CT molecular complexity index is 320. The topological polar surface area (TPSA) is 107 Å². The molecule has 0 atom stereocenters. The summed E-state index contributed by atoms with van der Waals surface area (Å²) in [6.07, 6.45) is 3.77. The van der Waals surface area contributed by atoms with E-state index in [2.05, 4.69) is 4.74 Å². The second kappa shape index (κ2) is 13.6. The van der Waals surface area contributed by atoms with E-state index < -0.39 is 11.9 Å². The van der Waals surface area contributed by atoms with E-state index in [1.165, 1.54) is 0 Å². The first-order valence-corrected chi connectivity index (χ1v) is 6.73. The summed E-state index contributed by atoms with van der Waals surface area (Å²) in [7, 11) is 0. The first-order chi connectivity index (χ1) is 9.37. The van der Waals surface area contributed by atoms with Gasteiger partial charge >= 0.3 is 11.9 Å². The summed E-state index contributed by atoms with van der Waals surface area (Å²) in [4.78, 5) is 31.4. The summed E-state index contributed by atoms with van der Waals surface area (Å²) in [6.45, 7) is 5.92. The molecule has 6 nitrogen and oxygen atoms in total. The second-order valence-corrected chi connectivity index (χ2v) is 4.08. The average Bonchev–Trinajstić information content (AvgIpc) is 2.29. The third-order valence-electron chi connectivity index (χ3n) is 2.02. The molecule has 0 bridgehead atoms. The lowest BCUT2D eigenvalue weighted by atomic mass is 10.2. The molecule has 0 amide bonds. The Balaban J connectivity index is 0. The number of hydrogen-bond donors (Lipinski definition) is 2. The van der Waals surface area contributed by atoms with Crippen molar-refractivity contribution in [3.05, 3.63) is 11.8 Å². The zero-order chi connectivity index (χ0) is 16.0. The van der Waals surface area contributed by atoms with Crippen LogP contribution in [0.15, 0.2) is 11.8 Å². The van der Waals surface area contributed by atoms with Crippen molar-refractivity contribution in [3.63, 3.8) is 0 Å². The minimum atomic E-state index is -0.971. The SMILES string of the molecule is CCC/C(N)=C\C(=O)O.CCCC(=O)CC(=O)OCC. The predicted octanol–water partition coefficient (Wildman–Crippen LogP) is 2.02. The van der Waals surface area contributed by atoms with E-state index in [1.54, 1.807) is 6.92 Å². The number of nitrogens with two attached hydrogens (primary N) is 1. The van der Waals surface area contributed by atoms with Crippen LogP contribution in [0, 0.1) is 0 Å². The first kappa shape index (κ1) is 20.5. The molecular formula is C14H25NO5. The molecule has 0 radical (unpaired) electrons. The van der Waals surface area contributed by atoms with E-state index in [4.69, 9.17) is 10.8 Å². The van der Waals surface area contributed by atoms with Gasteiger partial charge in [-0.2, -0.15) is 0 Å². The molecule has 0 aliphatic carbocycles. The summed E-state index contributed by atoms with van der Waals surface area (Å²) >= 11 is 0. The summed E-state index contributed by atoms with van der Waals surface area (Å²) < 4.78 is 4.60. The number of hydrogen-bond acceptors (Lipinski definition) is 5. The molecule has 20 heavy (non-hydrogen) atoms. The van der Waals surface area contributed by atoms with Crippen LogP contribution in [-0.2, 0) is 19.1 Å². The Kier molecular flexibility index (Phi) is 13.9. The predicted molar refractivity (Wildman–Crippen MR) is 76.0 cm³/mol. The van der Waals surface area contributed by atoms with Crippen molar-refractivity contribution in [2.75, 3.05) is 6.61 Å². The highest BCUT2D eigenvalue weighted by molar-refractivity contribution is 5.95. The van der Waals surface area contributed by atoms with Gasteiger partial charge < -0.3 is 15.6 Å². The monoisotopic (exact) mass is 287 g/mol. The van der Waals surface area contributed by atoms with Crippen molar-refractivity contribution in [1.29, 1.82) is 0 Å². The van der Waals surface area contributed by atoms with Crippen molar-refractivity contribution < 1.29 is 24.2 Å². The van der Waals surface area contributed by atoms with Gasteiger partial charge in [0.25, 0.3) is 0 Å². The first-order valence-electron chi connectivity index (χ1n) is 6.73. The minimum Gasteiger partial charge on any atom is -0.478 e. The second-order valence-electron chi connectivity index (χ2n) is 4.08. The smallest absolute Gasteiger partial charge is 0.330 e. The fourth-order valence-corrected chi connectivity index (χ4v) is 1.26. The van der Waals surface area contributed by atoms with Gasteiger partial charge in [0.15, 0.2) is 0 Å². The van der Waals surface area contributed by atoms with E-state index in [-0.39, 0.29) is 12.2 Å². The molecule has 0 aliphatic rings. The standard InChI is InChI=1S/C8H14O3.C6H11NO2/c1-3-5-7(9)6-8(10)11-4-2;1-2-3-5(7)4-6(8)9/h3-6H2,1-2H3;4H,2-3,7H2,1H3,(H,8,9)/b;5-4+. The number of carbonyl (C=O) groups is 3. The largest absolute Gasteiger partial charge is 0.478 e. The van der Waals surface area contributed by atoms with Gasteiger partial charge in [-0.3, -0.25) is 9.59 Å². The van der Waals surface area contributed by atoms with Crippen LogP contribution in [0.3, 0.4) is 0 Å². The molecule has 0 aromatic rings. The molecule has 0 unspecified atom stereocenters. The molecule has 0 fully saturated rings. The number of rotatable bonds is 8. The quantitative estimate of drug-likeness (QED) is 0.402. The van der Waals surface area contributed by atoms with Crippen LogP contribution in [-0.4, -0.2) is 29.4 Å². The maximum Gasteiger partial charge on any atom is 0.330 e. The van der Waals surface area contributed by atoms with Crippen molar-refractivity contribution in [1.82, 2.24) is 0 Å². The Labute approximate surface area is 120 Å². The zero-order valence-electron chi connectivity index (χ0n) is 12.5. The van der Waals surface area contributed by atoms with Crippen LogP contribution in [0.2, 0.25) is 0 Å². The van der Waals surface area contributed by atoms with Crippen LogP contribution in [0.5, 0.6) is 0 Å². The number of esters is 1. The van der Waals surface area contributed by atoms with Crippen LogP contribution in [0.4, 0.5) is 0 Å². The van der Waals surface area contributed by atoms with Gasteiger partial charge in [-0.1, -0.05) is 20.3 Å². The van der Waals surface area contributed by atoms with Crippen LogP contribution >= 0.6 is 0 Å². The fourth-order valence-electron chi connectivity index (χ4n) is 1.26. The molecular weight excluding hydrogens is 262 g/mol. The highest BCUT2D eigenvalue weighted by Crippen LogP contribution is 1.96. The lowest BCUT2D eigenvalue weighted by Crippen LogP contribution is -2.10. The maximum atomic E-state index is 10.8. The molecule has 0 spiro atoms.